The van der Waals surface area contributed by atoms with Crippen LogP contribution in [0.25, 0.3) is 10.4 Å². The van der Waals surface area contributed by atoms with Gasteiger partial charge in [-0.3, -0.25) is 24.0 Å². The molecule has 0 saturated carbocycles. The minimum atomic E-state index is -1.52. The summed E-state index contributed by atoms with van der Waals surface area (Å²) < 4.78 is 38.0. The van der Waals surface area contributed by atoms with Gasteiger partial charge in [0.05, 0.1) is 13.2 Å². The SMILES string of the molecule is CC(=O)OC[C@H]1O[C@@H](Oc2ccc(CCC(=O)NCCOCCN=[N+]=[N-])cc2O)[C@H](OC(C)=O)[C@@H](OC(C)=O)[C@H]1OC(C)=O. The van der Waals surface area contributed by atoms with Crippen LogP contribution in [0.3, 0.4) is 0 Å². The number of hydrogen-bond donors (Lipinski definition) is 2. The zero-order chi connectivity index (χ0) is 32.6. The van der Waals surface area contributed by atoms with Crippen LogP contribution in [-0.4, -0.2) is 98.5 Å². The van der Waals surface area contributed by atoms with Gasteiger partial charge in [0.15, 0.2) is 23.7 Å². The molecular weight excluding hydrogens is 588 g/mol. The number of aryl methyl sites for hydroxylation is 1. The third kappa shape index (κ3) is 12.3. The van der Waals surface area contributed by atoms with Gasteiger partial charge in [-0.15, -0.1) is 0 Å². The minimum absolute atomic E-state index is 0.109. The van der Waals surface area contributed by atoms with E-state index in [2.05, 4.69) is 15.3 Å². The van der Waals surface area contributed by atoms with Gasteiger partial charge in [0.2, 0.25) is 18.3 Å². The maximum Gasteiger partial charge on any atom is 0.303 e. The van der Waals surface area contributed by atoms with Crippen LogP contribution >= 0.6 is 0 Å². The number of benzene rings is 1. The second-order valence-corrected chi connectivity index (χ2v) is 9.40. The number of carbonyl (C=O) groups is 5. The van der Waals surface area contributed by atoms with Crippen molar-refractivity contribution in [2.45, 2.75) is 71.2 Å². The molecule has 1 fully saturated rings. The Kier molecular flexibility index (Phi) is 14.7. The highest BCUT2D eigenvalue weighted by Gasteiger charge is 2.53. The Morgan fingerprint density at radius 2 is 1.61 bits per heavy atom. The lowest BCUT2D eigenvalue weighted by atomic mass is 9.98. The number of nitrogens with zero attached hydrogens (tertiary/aromatic N) is 3. The van der Waals surface area contributed by atoms with Crippen LogP contribution in [0, 0.1) is 0 Å². The van der Waals surface area contributed by atoms with E-state index in [1.807, 2.05) is 0 Å². The first-order valence-corrected chi connectivity index (χ1v) is 13.6. The van der Waals surface area contributed by atoms with Crippen molar-refractivity contribution in [1.82, 2.24) is 5.32 Å². The quantitative estimate of drug-likeness (QED) is 0.0659. The van der Waals surface area contributed by atoms with Crippen LogP contribution in [0.2, 0.25) is 0 Å². The van der Waals surface area contributed by atoms with Crippen LogP contribution in [0.4, 0.5) is 0 Å². The van der Waals surface area contributed by atoms with Gasteiger partial charge in [0, 0.05) is 52.1 Å². The lowest BCUT2D eigenvalue weighted by Gasteiger charge is -2.43. The van der Waals surface area contributed by atoms with E-state index < -0.39 is 61.2 Å². The van der Waals surface area contributed by atoms with E-state index in [9.17, 15) is 29.1 Å². The molecule has 1 amide bonds. The van der Waals surface area contributed by atoms with Crippen LogP contribution in [0.15, 0.2) is 23.3 Å². The first-order chi connectivity index (χ1) is 20.9. The molecule has 44 heavy (non-hydrogen) atoms. The number of phenolic OH excluding ortho intramolecular Hbond substituents is 1. The van der Waals surface area contributed by atoms with Crippen molar-refractivity contribution >= 4 is 29.8 Å². The number of amides is 1. The average Bonchev–Trinajstić information content (AvgIpc) is 2.94. The summed E-state index contributed by atoms with van der Waals surface area (Å²) in [6.07, 6.45) is -6.62. The third-order valence-corrected chi connectivity index (χ3v) is 5.82. The summed E-state index contributed by atoms with van der Waals surface area (Å²) in [6.45, 7) is 4.95. The standard InChI is InChI=1S/C27H36N4O13/c1-15(32)39-14-22-24(40-16(2)33)25(41-17(3)34)26(42-18(4)35)27(44-22)43-21-7-5-19(13-20(21)36)6-8-23(37)29-9-11-38-12-10-30-31-28/h5,7,13,22,24-27,36H,6,8-12,14H2,1-4H3,(H,29,37)/t22-,24+,25+,26-,27-/m1/s1. The lowest BCUT2D eigenvalue weighted by Crippen LogP contribution is -2.63. The van der Waals surface area contributed by atoms with E-state index in [1.165, 1.54) is 12.1 Å². The topological polar surface area (TPSA) is 231 Å². The van der Waals surface area contributed by atoms with Crippen molar-refractivity contribution in [1.29, 1.82) is 0 Å². The molecule has 2 rings (SSSR count). The molecular formula is C27H36N4O13. The van der Waals surface area contributed by atoms with E-state index in [0.717, 1.165) is 27.7 Å². The molecule has 0 spiro atoms. The molecule has 1 aromatic carbocycles. The minimum Gasteiger partial charge on any atom is -0.504 e. The number of carbonyl (C=O) groups excluding carboxylic acids is 5. The largest absolute Gasteiger partial charge is 0.504 e. The number of rotatable bonds is 16. The molecule has 0 aromatic heterocycles. The summed E-state index contributed by atoms with van der Waals surface area (Å²) in [7, 11) is 0. The zero-order valence-electron chi connectivity index (χ0n) is 24.8. The van der Waals surface area contributed by atoms with Crippen molar-refractivity contribution in [3.8, 4) is 11.5 Å². The molecule has 1 aliphatic rings. The van der Waals surface area contributed by atoms with Crippen LogP contribution in [0.1, 0.15) is 39.7 Å². The lowest BCUT2D eigenvalue weighted by molar-refractivity contribution is -0.288. The monoisotopic (exact) mass is 624 g/mol. The van der Waals surface area contributed by atoms with Gasteiger partial charge in [0.25, 0.3) is 0 Å². The number of phenols is 1. The molecule has 1 aromatic rings. The van der Waals surface area contributed by atoms with E-state index in [-0.39, 0.29) is 56.6 Å². The van der Waals surface area contributed by atoms with E-state index in [4.69, 9.17) is 38.7 Å². The molecule has 242 valence electrons. The van der Waals surface area contributed by atoms with Crippen molar-refractivity contribution in [2.24, 2.45) is 5.11 Å². The highest BCUT2D eigenvalue weighted by molar-refractivity contribution is 5.76. The number of azide groups is 1. The Morgan fingerprint density at radius 1 is 0.955 bits per heavy atom. The Labute approximate surface area is 252 Å². The molecule has 1 aliphatic heterocycles. The average molecular weight is 625 g/mol. The van der Waals surface area contributed by atoms with Crippen molar-refractivity contribution < 1.29 is 62.2 Å². The molecule has 5 atom stereocenters. The molecule has 1 saturated heterocycles. The first kappa shape index (κ1) is 35.6. The fraction of sp³-hybridized carbons (Fsp3) is 0.593. The summed E-state index contributed by atoms with van der Waals surface area (Å²) >= 11 is 0. The molecule has 1 heterocycles. The summed E-state index contributed by atoms with van der Waals surface area (Å²) in [5.74, 6) is -3.76. The maximum atomic E-state index is 12.1. The summed E-state index contributed by atoms with van der Waals surface area (Å²) in [5.41, 5.74) is 8.80. The van der Waals surface area contributed by atoms with Gasteiger partial charge in [-0.05, 0) is 29.6 Å². The van der Waals surface area contributed by atoms with Crippen LogP contribution in [-0.2, 0) is 58.8 Å². The van der Waals surface area contributed by atoms with Gasteiger partial charge in [-0.1, -0.05) is 11.2 Å². The molecule has 0 radical (unpaired) electrons. The number of ether oxygens (including phenoxy) is 7. The summed E-state index contributed by atoms with van der Waals surface area (Å²) in [4.78, 5) is 62.1. The van der Waals surface area contributed by atoms with E-state index in [0.29, 0.717) is 5.56 Å². The van der Waals surface area contributed by atoms with Gasteiger partial charge in [0.1, 0.15) is 12.7 Å². The van der Waals surface area contributed by atoms with Crippen molar-refractivity contribution in [3.63, 3.8) is 0 Å². The molecule has 0 aliphatic carbocycles. The number of aromatic hydroxyl groups is 1. The highest BCUT2D eigenvalue weighted by atomic mass is 16.7. The molecule has 17 heteroatoms. The predicted octanol–water partition coefficient (Wildman–Crippen LogP) is 1.23. The fourth-order valence-corrected chi connectivity index (χ4v) is 4.09. The number of hydrogen-bond acceptors (Lipinski definition) is 14. The Balaban J connectivity index is 2.16. The normalized spacial score (nSPS) is 20.8. The summed E-state index contributed by atoms with van der Waals surface area (Å²) in [6, 6.07) is 4.35. The molecule has 0 unspecified atom stereocenters. The highest BCUT2D eigenvalue weighted by Crippen LogP contribution is 2.34. The maximum absolute atomic E-state index is 12.1. The summed E-state index contributed by atoms with van der Waals surface area (Å²) in [5, 5.41) is 16.7. The van der Waals surface area contributed by atoms with E-state index >= 15 is 0 Å². The Bertz CT molecular complexity index is 1220. The molecule has 17 nitrogen and oxygen atoms in total. The van der Waals surface area contributed by atoms with Gasteiger partial charge in [-0.2, -0.15) is 0 Å². The third-order valence-electron chi connectivity index (χ3n) is 5.82. The number of esters is 4. The smallest absolute Gasteiger partial charge is 0.303 e. The molecule has 0 bridgehead atoms. The van der Waals surface area contributed by atoms with Crippen LogP contribution in [0.5, 0.6) is 11.5 Å². The second kappa shape index (κ2) is 18.1. The van der Waals surface area contributed by atoms with Crippen molar-refractivity contribution in [3.05, 3.63) is 34.2 Å². The second-order valence-electron chi connectivity index (χ2n) is 9.40. The van der Waals surface area contributed by atoms with E-state index in [1.54, 1.807) is 6.07 Å². The fourth-order valence-electron chi connectivity index (χ4n) is 4.09. The van der Waals surface area contributed by atoms with Gasteiger partial charge >= 0.3 is 23.9 Å². The first-order valence-electron chi connectivity index (χ1n) is 13.6. The molecule has 2 N–H and O–H groups in total. The van der Waals surface area contributed by atoms with Crippen molar-refractivity contribution in [2.75, 3.05) is 32.9 Å². The Morgan fingerprint density at radius 3 is 2.23 bits per heavy atom. The van der Waals surface area contributed by atoms with Gasteiger partial charge in [-0.25, -0.2) is 0 Å². The predicted molar refractivity (Wildman–Crippen MR) is 147 cm³/mol. The van der Waals surface area contributed by atoms with Crippen LogP contribution < -0.4 is 10.1 Å². The number of nitrogens with one attached hydrogen (secondary N) is 1. The zero-order valence-corrected chi connectivity index (χ0v) is 24.8. The van der Waals surface area contributed by atoms with Gasteiger partial charge < -0.3 is 43.6 Å². The Hall–Kier alpha value is -4.60.